The molecule has 4 rings (SSSR count). The number of rotatable bonds is 4. The van der Waals surface area contributed by atoms with E-state index in [1.807, 2.05) is 25.7 Å². The second-order valence-electron chi connectivity index (χ2n) is 10.3. The number of aromatic nitrogens is 2. The Hall–Kier alpha value is -1.90. The molecule has 1 saturated heterocycles. The number of hydrogen-bond acceptors (Lipinski definition) is 7. The maximum atomic E-state index is 12.8. The minimum Gasteiger partial charge on any atom is -0.444 e. The molecule has 1 aromatic heterocycles. The molecule has 2 heterocycles. The van der Waals surface area contributed by atoms with Crippen LogP contribution in [-0.2, 0) is 14.6 Å². The Labute approximate surface area is 185 Å². The summed E-state index contributed by atoms with van der Waals surface area (Å²) in [6.45, 7) is 7.10. The van der Waals surface area contributed by atoms with E-state index in [2.05, 4.69) is 15.5 Å². The fraction of sp³-hybridized carbons (Fsp3) is 0.773. The number of amides is 1. The number of nitrogens with one attached hydrogen (secondary N) is 1. The Bertz CT molecular complexity index is 877. The summed E-state index contributed by atoms with van der Waals surface area (Å²) in [4.78, 5) is 14.1. The number of sulfone groups is 1. The number of ether oxygens (including phenoxy) is 1. The van der Waals surface area contributed by atoms with Crippen molar-refractivity contribution >= 4 is 21.7 Å². The van der Waals surface area contributed by atoms with Crippen LogP contribution in [-0.4, -0.2) is 59.6 Å². The number of nitrogens with zero attached hydrogens (tertiary/aromatic N) is 3. The van der Waals surface area contributed by atoms with Crippen molar-refractivity contribution in [2.45, 2.75) is 87.6 Å². The van der Waals surface area contributed by atoms with E-state index in [1.54, 1.807) is 12.1 Å². The highest BCUT2D eigenvalue weighted by Crippen LogP contribution is 2.39. The molecule has 3 fully saturated rings. The number of anilines is 1. The van der Waals surface area contributed by atoms with E-state index in [0.29, 0.717) is 17.7 Å². The Morgan fingerprint density at radius 1 is 1.06 bits per heavy atom. The van der Waals surface area contributed by atoms with Gasteiger partial charge < -0.3 is 15.0 Å². The molecular weight excluding hydrogens is 416 g/mol. The van der Waals surface area contributed by atoms with Gasteiger partial charge in [-0.05, 0) is 70.4 Å². The summed E-state index contributed by atoms with van der Waals surface area (Å²) in [6, 6.07) is 3.56. The predicted octanol–water partition coefficient (Wildman–Crippen LogP) is 3.64. The van der Waals surface area contributed by atoms with E-state index in [9.17, 15) is 13.2 Å². The van der Waals surface area contributed by atoms with Crippen LogP contribution in [0.25, 0.3) is 0 Å². The Balaban J connectivity index is 1.30. The standard InChI is InChI=1S/C22H34N4O4S/c1-22(2,3)30-21(27)26-13-15-11-17(12-16(15)14-26)23-19-9-10-20(25-24-19)31(28,29)18-7-5-4-6-8-18/h9-10,15-18H,4-8,11-14H2,1-3H3,(H,23,24)/t15-,16?,17?/m1/s1. The fourth-order valence-electron chi connectivity index (χ4n) is 5.20. The molecule has 3 aliphatic rings. The first-order valence-corrected chi connectivity index (χ1v) is 13.0. The van der Waals surface area contributed by atoms with Crippen molar-refractivity contribution in [1.82, 2.24) is 15.1 Å². The molecule has 0 aromatic carbocycles. The summed E-state index contributed by atoms with van der Waals surface area (Å²) >= 11 is 0. The first-order valence-electron chi connectivity index (χ1n) is 11.4. The van der Waals surface area contributed by atoms with Crippen molar-refractivity contribution in [2.75, 3.05) is 18.4 Å². The molecule has 172 valence electrons. The van der Waals surface area contributed by atoms with Gasteiger partial charge in [0.25, 0.3) is 0 Å². The van der Waals surface area contributed by atoms with E-state index >= 15 is 0 Å². The smallest absolute Gasteiger partial charge is 0.410 e. The average Bonchev–Trinajstić information content (AvgIpc) is 3.26. The van der Waals surface area contributed by atoms with Gasteiger partial charge in [0.15, 0.2) is 14.9 Å². The first-order chi connectivity index (χ1) is 14.6. The highest BCUT2D eigenvalue weighted by atomic mass is 32.2. The van der Waals surface area contributed by atoms with Crippen molar-refractivity contribution in [3.63, 3.8) is 0 Å². The molecule has 8 nitrogen and oxygen atoms in total. The third-order valence-electron chi connectivity index (χ3n) is 6.68. The zero-order chi connectivity index (χ0) is 22.2. The van der Waals surface area contributed by atoms with Crippen LogP contribution >= 0.6 is 0 Å². The quantitative estimate of drug-likeness (QED) is 0.747. The lowest BCUT2D eigenvalue weighted by atomic mass is 10.0. The second-order valence-corrected chi connectivity index (χ2v) is 12.5. The van der Waals surface area contributed by atoms with Gasteiger partial charge in [0.05, 0.1) is 5.25 Å². The monoisotopic (exact) mass is 450 g/mol. The van der Waals surface area contributed by atoms with Crippen LogP contribution in [0, 0.1) is 11.8 Å². The number of carbonyl (C=O) groups is 1. The fourth-order valence-corrected chi connectivity index (χ4v) is 6.91. The Morgan fingerprint density at radius 3 is 2.26 bits per heavy atom. The summed E-state index contributed by atoms with van der Waals surface area (Å²) in [5.41, 5.74) is -0.478. The SMILES string of the molecule is CC(C)(C)OC(=O)N1CC2CC(Nc3ccc(S(=O)(=O)C4CCCCC4)nn3)C[C@@H]2C1. The zero-order valence-electron chi connectivity index (χ0n) is 18.7. The minimum absolute atomic E-state index is 0.0845. The molecule has 1 aromatic rings. The van der Waals surface area contributed by atoms with Gasteiger partial charge in [-0.3, -0.25) is 0 Å². The maximum absolute atomic E-state index is 12.8. The molecule has 2 unspecified atom stereocenters. The lowest BCUT2D eigenvalue weighted by Gasteiger charge is -2.25. The highest BCUT2D eigenvalue weighted by molar-refractivity contribution is 7.92. The molecule has 0 radical (unpaired) electrons. The molecule has 3 atom stereocenters. The lowest BCUT2D eigenvalue weighted by molar-refractivity contribution is 0.0280. The lowest BCUT2D eigenvalue weighted by Crippen LogP contribution is -2.36. The molecule has 0 spiro atoms. The van der Waals surface area contributed by atoms with E-state index in [4.69, 9.17) is 4.74 Å². The number of likely N-dealkylation sites (tertiary alicyclic amines) is 1. The second kappa shape index (κ2) is 8.56. The van der Waals surface area contributed by atoms with Gasteiger partial charge in [-0.15, -0.1) is 10.2 Å². The van der Waals surface area contributed by atoms with Crippen LogP contribution in [0.4, 0.5) is 10.6 Å². The highest BCUT2D eigenvalue weighted by Gasteiger charge is 2.43. The normalized spacial score (nSPS) is 27.2. The van der Waals surface area contributed by atoms with Gasteiger partial charge in [-0.2, -0.15) is 0 Å². The van der Waals surface area contributed by atoms with Crippen molar-refractivity contribution in [2.24, 2.45) is 11.8 Å². The van der Waals surface area contributed by atoms with Crippen LogP contribution < -0.4 is 5.32 Å². The summed E-state index contributed by atoms with van der Waals surface area (Å²) in [5, 5.41) is 11.4. The summed E-state index contributed by atoms with van der Waals surface area (Å²) in [7, 11) is -3.40. The number of fused-ring (bicyclic) bond motifs is 1. The molecule has 1 N–H and O–H groups in total. The predicted molar refractivity (Wildman–Crippen MR) is 118 cm³/mol. The van der Waals surface area contributed by atoms with Crippen LogP contribution in [0.1, 0.15) is 65.7 Å². The number of carbonyl (C=O) groups excluding carboxylic acids is 1. The van der Waals surface area contributed by atoms with Crippen molar-refractivity contribution < 1.29 is 17.9 Å². The van der Waals surface area contributed by atoms with Gasteiger partial charge >= 0.3 is 6.09 Å². The van der Waals surface area contributed by atoms with Crippen LogP contribution in [0.3, 0.4) is 0 Å². The van der Waals surface area contributed by atoms with E-state index in [0.717, 1.165) is 58.0 Å². The average molecular weight is 451 g/mol. The Kier molecular flexibility index (Phi) is 6.16. The molecule has 0 bridgehead atoms. The summed E-state index contributed by atoms with van der Waals surface area (Å²) < 4.78 is 31.1. The van der Waals surface area contributed by atoms with E-state index in [1.165, 1.54) is 0 Å². The van der Waals surface area contributed by atoms with Crippen molar-refractivity contribution in [3.05, 3.63) is 12.1 Å². The third-order valence-corrected chi connectivity index (χ3v) is 8.83. The molecule has 31 heavy (non-hydrogen) atoms. The third kappa shape index (κ3) is 5.13. The Morgan fingerprint density at radius 2 is 1.71 bits per heavy atom. The van der Waals surface area contributed by atoms with Gasteiger partial charge in [-0.25, -0.2) is 13.2 Å². The minimum atomic E-state index is -3.40. The largest absolute Gasteiger partial charge is 0.444 e. The molecule has 2 aliphatic carbocycles. The van der Waals surface area contributed by atoms with Gasteiger partial charge in [0, 0.05) is 19.1 Å². The van der Waals surface area contributed by atoms with Crippen LogP contribution in [0.2, 0.25) is 0 Å². The molecule has 1 amide bonds. The van der Waals surface area contributed by atoms with Gasteiger partial charge in [-0.1, -0.05) is 19.3 Å². The topological polar surface area (TPSA) is 101 Å². The van der Waals surface area contributed by atoms with Crippen molar-refractivity contribution in [3.8, 4) is 0 Å². The van der Waals surface area contributed by atoms with E-state index in [-0.39, 0.29) is 22.4 Å². The molecular formula is C22H34N4O4S. The molecule has 2 saturated carbocycles. The molecule has 9 heteroatoms. The zero-order valence-corrected chi connectivity index (χ0v) is 19.5. The maximum Gasteiger partial charge on any atom is 0.410 e. The number of hydrogen-bond donors (Lipinski definition) is 1. The summed E-state index contributed by atoms with van der Waals surface area (Å²) in [5.74, 6) is 1.50. The van der Waals surface area contributed by atoms with Crippen LogP contribution in [0.15, 0.2) is 17.2 Å². The van der Waals surface area contributed by atoms with E-state index < -0.39 is 15.4 Å². The van der Waals surface area contributed by atoms with Gasteiger partial charge in [0.2, 0.25) is 0 Å². The van der Waals surface area contributed by atoms with Crippen molar-refractivity contribution in [1.29, 1.82) is 0 Å². The van der Waals surface area contributed by atoms with Crippen LogP contribution in [0.5, 0.6) is 0 Å². The summed E-state index contributed by atoms with van der Waals surface area (Å²) in [6.07, 6.45) is 6.15. The van der Waals surface area contributed by atoms with Gasteiger partial charge in [0.1, 0.15) is 11.4 Å². The molecule has 1 aliphatic heterocycles. The first kappa shape index (κ1) is 22.3.